The molecule has 2 aromatic rings. The number of hydrogen-bond donors (Lipinski definition) is 0. The second-order valence-electron chi connectivity index (χ2n) is 4.90. The minimum Gasteiger partial charge on any atom is -0.368 e. The third kappa shape index (κ3) is 3.71. The Hall–Kier alpha value is -1.21. The molecule has 0 radical (unpaired) electrons. The van der Waals surface area contributed by atoms with Crippen molar-refractivity contribution < 1.29 is 14.2 Å². The van der Waals surface area contributed by atoms with Crippen LogP contribution in [0.4, 0.5) is 0 Å². The van der Waals surface area contributed by atoms with E-state index in [-0.39, 0.29) is 12.3 Å². The Morgan fingerprint density at radius 3 is 2.62 bits per heavy atom. The van der Waals surface area contributed by atoms with E-state index < -0.39 is 0 Å². The van der Waals surface area contributed by atoms with Crippen LogP contribution in [0.5, 0.6) is 0 Å². The van der Waals surface area contributed by atoms with E-state index in [9.17, 15) is 0 Å². The molecule has 0 aliphatic carbocycles. The van der Waals surface area contributed by atoms with Crippen molar-refractivity contribution in [2.45, 2.75) is 32.8 Å². The Morgan fingerprint density at radius 1 is 1.29 bits per heavy atom. The van der Waals surface area contributed by atoms with E-state index in [1.807, 2.05) is 6.07 Å². The van der Waals surface area contributed by atoms with Gasteiger partial charge in [0.2, 0.25) is 0 Å². The van der Waals surface area contributed by atoms with Crippen LogP contribution in [0, 0.1) is 0 Å². The van der Waals surface area contributed by atoms with Crippen LogP contribution in [-0.4, -0.2) is 41.7 Å². The quantitative estimate of drug-likeness (QED) is 0.581. The highest BCUT2D eigenvalue weighted by atomic mass is 35.5. The fourth-order valence-electron chi connectivity index (χ4n) is 2.18. The van der Waals surface area contributed by atoms with Crippen LogP contribution in [0.1, 0.15) is 25.7 Å². The van der Waals surface area contributed by atoms with Gasteiger partial charge in [-0.15, -0.1) is 0 Å². The topological polar surface area (TPSA) is 58.4 Å². The highest BCUT2D eigenvalue weighted by Crippen LogP contribution is 2.23. The van der Waals surface area contributed by atoms with Gasteiger partial charge in [0, 0.05) is 26.3 Å². The molecular weight excluding hydrogens is 294 g/mol. The van der Waals surface area contributed by atoms with Gasteiger partial charge in [0.15, 0.2) is 6.29 Å². The molecule has 0 unspecified atom stereocenters. The summed E-state index contributed by atoms with van der Waals surface area (Å²) in [6, 6.07) is 2.06. The Morgan fingerprint density at radius 2 is 2.00 bits per heavy atom. The molecule has 0 bridgehead atoms. The molecule has 0 fully saturated rings. The van der Waals surface area contributed by atoms with Crippen LogP contribution in [0.15, 0.2) is 12.3 Å². The van der Waals surface area contributed by atoms with E-state index in [2.05, 4.69) is 28.4 Å². The third-order valence-electron chi connectivity index (χ3n) is 3.14. The van der Waals surface area contributed by atoms with Crippen molar-refractivity contribution in [1.82, 2.24) is 14.5 Å². The average Bonchev–Trinajstić information content (AvgIpc) is 2.81. The summed E-state index contributed by atoms with van der Waals surface area (Å²) in [5.41, 5.74) is 1.76. The minimum absolute atomic E-state index is 0.243. The first-order valence-electron chi connectivity index (χ1n) is 6.72. The van der Waals surface area contributed by atoms with Crippen molar-refractivity contribution in [3.05, 3.63) is 23.2 Å². The molecule has 2 rings (SSSR count). The molecular formula is C14H20ClN3O3. The molecule has 116 valence electrons. The molecule has 0 saturated carbocycles. The molecule has 0 aromatic carbocycles. The highest BCUT2D eigenvalue weighted by Gasteiger charge is 2.15. The number of pyridine rings is 1. The lowest BCUT2D eigenvalue weighted by Gasteiger charge is -2.15. The summed E-state index contributed by atoms with van der Waals surface area (Å²) in [7, 11) is 3.16. The van der Waals surface area contributed by atoms with E-state index in [1.165, 1.54) is 0 Å². The summed E-state index contributed by atoms with van der Waals surface area (Å²) >= 11 is 5.97. The maximum Gasteiger partial charge on any atom is 0.180 e. The molecule has 0 spiro atoms. The number of aromatic nitrogens is 3. The number of ether oxygens (including phenoxy) is 3. The van der Waals surface area contributed by atoms with Crippen molar-refractivity contribution in [1.29, 1.82) is 0 Å². The lowest BCUT2D eigenvalue weighted by atomic mass is 10.3. The van der Waals surface area contributed by atoms with Gasteiger partial charge in [-0.3, -0.25) is 0 Å². The summed E-state index contributed by atoms with van der Waals surface area (Å²) in [5.74, 6) is 0.829. The number of hydrogen-bond acceptors (Lipinski definition) is 5. The maximum absolute atomic E-state index is 5.97. The van der Waals surface area contributed by atoms with Crippen LogP contribution in [0.25, 0.3) is 11.0 Å². The molecule has 0 saturated heterocycles. The molecule has 0 amide bonds. The molecule has 7 heteroatoms. The molecule has 0 aliphatic rings. The van der Waals surface area contributed by atoms with Gasteiger partial charge in [0.05, 0.1) is 18.3 Å². The minimum atomic E-state index is -0.377. The Kier molecular flexibility index (Phi) is 5.52. The lowest BCUT2D eigenvalue weighted by Crippen LogP contribution is -2.20. The lowest BCUT2D eigenvalue weighted by molar-refractivity contribution is -0.143. The first kappa shape index (κ1) is 16.2. The summed E-state index contributed by atoms with van der Waals surface area (Å²) in [6.07, 6.45) is 1.30. The van der Waals surface area contributed by atoms with E-state index >= 15 is 0 Å². The van der Waals surface area contributed by atoms with Crippen LogP contribution in [-0.2, 0) is 20.8 Å². The zero-order chi connectivity index (χ0) is 15.4. The molecule has 6 nitrogen and oxygen atoms in total. The smallest absolute Gasteiger partial charge is 0.180 e. The summed E-state index contributed by atoms with van der Waals surface area (Å²) < 4.78 is 17.9. The van der Waals surface area contributed by atoms with Crippen molar-refractivity contribution in [3.8, 4) is 0 Å². The first-order valence-corrected chi connectivity index (χ1v) is 7.10. The number of fused-ring (bicyclic) bond motifs is 1. The van der Waals surface area contributed by atoms with Gasteiger partial charge < -0.3 is 18.8 Å². The monoisotopic (exact) mass is 313 g/mol. The predicted molar refractivity (Wildman–Crippen MR) is 80.4 cm³/mol. The Bertz CT molecular complexity index is 596. The maximum atomic E-state index is 5.97. The van der Waals surface area contributed by atoms with Gasteiger partial charge in [-0.1, -0.05) is 11.6 Å². The molecule has 21 heavy (non-hydrogen) atoms. The average molecular weight is 314 g/mol. The summed E-state index contributed by atoms with van der Waals surface area (Å²) in [4.78, 5) is 8.62. The molecule has 0 N–H and O–H groups in total. The molecule has 0 atom stereocenters. The van der Waals surface area contributed by atoms with E-state index in [0.29, 0.717) is 18.4 Å². The van der Waals surface area contributed by atoms with Gasteiger partial charge in [0.1, 0.15) is 23.1 Å². The van der Waals surface area contributed by atoms with Crippen molar-refractivity contribution in [3.63, 3.8) is 0 Å². The SMILES string of the molecule is COC(COCc1nc2cnc(Cl)cc2n1C(C)C)OC. The van der Waals surface area contributed by atoms with Crippen molar-refractivity contribution in [2.75, 3.05) is 20.8 Å². The third-order valence-corrected chi connectivity index (χ3v) is 3.35. The first-order chi connectivity index (χ1) is 10.1. The van der Waals surface area contributed by atoms with Crippen molar-refractivity contribution >= 4 is 22.6 Å². The van der Waals surface area contributed by atoms with E-state index in [4.69, 9.17) is 25.8 Å². The molecule has 2 aromatic heterocycles. The van der Waals surface area contributed by atoms with Gasteiger partial charge in [-0.25, -0.2) is 9.97 Å². The molecule has 2 heterocycles. The van der Waals surface area contributed by atoms with Gasteiger partial charge in [-0.05, 0) is 13.8 Å². The number of methoxy groups -OCH3 is 2. The number of rotatable bonds is 7. The second kappa shape index (κ2) is 7.17. The summed E-state index contributed by atoms with van der Waals surface area (Å²) in [5, 5.41) is 0.454. The number of imidazole rings is 1. The second-order valence-corrected chi connectivity index (χ2v) is 5.29. The Balaban J connectivity index is 2.21. The van der Waals surface area contributed by atoms with Crippen LogP contribution >= 0.6 is 11.6 Å². The fraction of sp³-hybridized carbons (Fsp3) is 0.571. The number of nitrogens with zero attached hydrogens (tertiary/aromatic N) is 3. The van der Waals surface area contributed by atoms with Gasteiger partial charge in [-0.2, -0.15) is 0 Å². The zero-order valence-corrected chi connectivity index (χ0v) is 13.4. The standard InChI is InChI=1S/C14H20ClN3O3/c1-9(2)18-11-5-12(15)16-6-10(11)17-13(18)7-21-8-14(19-3)20-4/h5-6,9,14H,7-8H2,1-4H3. The fourth-order valence-corrected chi connectivity index (χ4v) is 2.33. The highest BCUT2D eigenvalue weighted by molar-refractivity contribution is 6.29. The summed E-state index contributed by atoms with van der Waals surface area (Å²) in [6.45, 7) is 4.89. The van der Waals surface area contributed by atoms with Gasteiger partial charge >= 0.3 is 0 Å². The number of halogens is 1. The van der Waals surface area contributed by atoms with Crippen LogP contribution in [0.2, 0.25) is 5.15 Å². The van der Waals surface area contributed by atoms with E-state index in [0.717, 1.165) is 16.9 Å². The predicted octanol–water partition coefficient (Wildman–Crippen LogP) is 2.80. The zero-order valence-electron chi connectivity index (χ0n) is 12.7. The van der Waals surface area contributed by atoms with Crippen LogP contribution < -0.4 is 0 Å². The van der Waals surface area contributed by atoms with Gasteiger partial charge in [0.25, 0.3) is 0 Å². The van der Waals surface area contributed by atoms with Crippen molar-refractivity contribution in [2.24, 2.45) is 0 Å². The molecule has 0 aliphatic heterocycles. The van der Waals surface area contributed by atoms with Crippen LogP contribution in [0.3, 0.4) is 0 Å². The van der Waals surface area contributed by atoms with E-state index in [1.54, 1.807) is 20.4 Å². The Labute approximate surface area is 129 Å². The largest absolute Gasteiger partial charge is 0.368 e. The normalized spacial score (nSPS) is 12.0.